The summed E-state index contributed by atoms with van der Waals surface area (Å²) >= 11 is 0. The summed E-state index contributed by atoms with van der Waals surface area (Å²) in [7, 11) is -3.91. The fourth-order valence-corrected chi connectivity index (χ4v) is 5.23. The fourth-order valence-electron chi connectivity index (χ4n) is 4.71. The van der Waals surface area contributed by atoms with Gasteiger partial charge in [-0.2, -0.15) is 5.26 Å². The van der Waals surface area contributed by atoms with Gasteiger partial charge in [0.05, 0.1) is 27.4 Å². The SMILES string of the molecule is CC1(C)CC(=O)C2=C(C1)N(c1ccc(S(N)(=O)=O)cc1)C(N)=C(C#N)C2c1ccc([N+](=O)[O-])cc1. The summed E-state index contributed by atoms with van der Waals surface area (Å²) in [4.78, 5) is 25.6. The highest BCUT2D eigenvalue weighted by Crippen LogP contribution is 2.50. The maximum atomic E-state index is 13.5. The zero-order valence-electron chi connectivity index (χ0n) is 19.1. The number of benzene rings is 2. The summed E-state index contributed by atoms with van der Waals surface area (Å²) in [5.74, 6) is -0.825. The molecule has 1 aliphatic carbocycles. The van der Waals surface area contributed by atoms with Crippen LogP contribution in [-0.2, 0) is 14.8 Å². The van der Waals surface area contributed by atoms with Crippen molar-refractivity contribution in [3.05, 3.63) is 86.9 Å². The molecule has 0 aromatic heterocycles. The third kappa shape index (κ3) is 4.29. The Bertz CT molecular complexity index is 1450. The standard InChI is InChI=1S/C24H23N5O5S/c1-24(2)11-19-22(20(30)12-24)21(14-3-5-16(6-4-14)29(31)32)18(13-25)23(26)28(19)15-7-9-17(10-8-15)35(27,33)34/h3-10,21H,11-12,26H2,1-2H3,(H2,27,33,34). The molecular weight excluding hydrogens is 470 g/mol. The first-order valence-corrected chi connectivity index (χ1v) is 12.2. The average molecular weight is 494 g/mol. The minimum Gasteiger partial charge on any atom is -0.384 e. The van der Waals surface area contributed by atoms with Gasteiger partial charge in [-0.25, -0.2) is 13.6 Å². The van der Waals surface area contributed by atoms with E-state index in [1.54, 1.807) is 4.90 Å². The summed E-state index contributed by atoms with van der Waals surface area (Å²) in [6.45, 7) is 3.91. The maximum absolute atomic E-state index is 13.5. The van der Waals surface area contributed by atoms with Gasteiger partial charge in [-0.15, -0.1) is 0 Å². The molecule has 180 valence electrons. The second kappa shape index (κ2) is 8.33. The van der Waals surface area contributed by atoms with E-state index in [0.29, 0.717) is 28.9 Å². The first kappa shape index (κ1) is 24.1. The van der Waals surface area contributed by atoms with Crippen molar-refractivity contribution < 1.29 is 18.1 Å². The Morgan fingerprint density at radius 1 is 1.11 bits per heavy atom. The molecule has 10 nitrogen and oxygen atoms in total. The van der Waals surface area contributed by atoms with Crippen LogP contribution in [0.25, 0.3) is 0 Å². The summed E-state index contributed by atoms with van der Waals surface area (Å²) in [5, 5.41) is 26.4. The Hall–Kier alpha value is -4.01. The summed E-state index contributed by atoms with van der Waals surface area (Å²) < 4.78 is 23.4. The van der Waals surface area contributed by atoms with Crippen molar-refractivity contribution in [2.75, 3.05) is 4.90 Å². The van der Waals surface area contributed by atoms with Gasteiger partial charge < -0.3 is 5.73 Å². The molecule has 1 unspecified atom stereocenters. The number of anilines is 1. The first-order valence-electron chi connectivity index (χ1n) is 10.7. The van der Waals surface area contributed by atoms with Gasteiger partial charge in [0.2, 0.25) is 10.0 Å². The second-order valence-corrected chi connectivity index (χ2v) is 10.9. The Labute approximate surface area is 202 Å². The molecule has 0 spiro atoms. The Morgan fingerprint density at radius 2 is 1.71 bits per heavy atom. The van der Waals surface area contributed by atoms with Gasteiger partial charge in [0.15, 0.2) is 5.78 Å². The van der Waals surface area contributed by atoms with Gasteiger partial charge >= 0.3 is 0 Å². The van der Waals surface area contributed by atoms with E-state index in [2.05, 4.69) is 6.07 Å². The number of non-ortho nitro benzene ring substituents is 1. The van der Waals surface area contributed by atoms with Crippen LogP contribution in [0.3, 0.4) is 0 Å². The minimum atomic E-state index is -3.91. The second-order valence-electron chi connectivity index (χ2n) is 9.37. The molecule has 1 aliphatic heterocycles. The lowest BCUT2D eigenvalue weighted by Gasteiger charge is -2.43. The number of Topliss-reactive ketones (excluding diaryl/α,β-unsaturated/α-hetero) is 1. The van der Waals surface area contributed by atoms with Crippen molar-refractivity contribution in [2.45, 2.75) is 37.5 Å². The number of nitro groups is 1. The number of sulfonamides is 1. The lowest BCUT2D eigenvalue weighted by Crippen LogP contribution is -2.42. The third-order valence-electron chi connectivity index (χ3n) is 6.24. The van der Waals surface area contributed by atoms with E-state index in [1.165, 1.54) is 48.5 Å². The monoisotopic (exact) mass is 493 g/mol. The summed E-state index contributed by atoms with van der Waals surface area (Å²) in [6, 6.07) is 13.6. The molecule has 1 atom stereocenters. The highest BCUT2D eigenvalue weighted by molar-refractivity contribution is 7.89. The first-order chi connectivity index (χ1) is 16.3. The van der Waals surface area contributed by atoms with Crippen molar-refractivity contribution in [3.63, 3.8) is 0 Å². The van der Waals surface area contributed by atoms with E-state index in [0.717, 1.165) is 0 Å². The molecule has 11 heteroatoms. The van der Waals surface area contributed by atoms with Crippen LogP contribution in [-0.4, -0.2) is 19.1 Å². The largest absolute Gasteiger partial charge is 0.384 e. The molecule has 1 heterocycles. The van der Waals surface area contributed by atoms with Gasteiger partial charge in [-0.05, 0) is 41.7 Å². The average Bonchev–Trinajstić information content (AvgIpc) is 2.77. The number of nitro benzene ring substituents is 1. The zero-order valence-corrected chi connectivity index (χ0v) is 19.9. The third-order valence-corrected chi connectivity index (χ3v) is 7.17. The number of allylic oxidation sites excluding steroid dienone is 3. The smallest absolute Gasteiger partial charge is 0.269 e. The summed E-state index contributed by atoms with van der Waals surface area (Å²) in [6.07, 6.45) is 0.722. The number of hydrogen-bond acceptors (Lipinski definition) is 8. The highest BCUT2D eigenvalue weighted by atomic mass is 32.2. The van der Waals surface area contributed by atoms with Crippen molar-refractivity contribution in [1.29, 1.82) is 5.26 Å². The van der Waals surface area contributed by atoms with Crippen LogP contribution in [0.15, 0.2) is 76.1 Å². The predicted octanol–water partition coefficient (Wildman–Crippen LogP) is 3.18. The Balaban J connectivity index is 1.94. The van der Waals surface area contributed by atoms with E-state index in [-0.39, 0.29) is 39.6 Å². The molecule has 0 amide bonds. The number of carbonyl (C=O) groups is 1. The number of nitrogens with zero attached hydrogens (tertiary/aromatic N) is 3. The molecule has 0 saturated heterocycles. The molecule has 0 fully saturated rings. The van der Waals surface area contributed by atoms with E-state index < -0.39 is 20.9 Å². The molecule has 35 heavy (non-hydrogen) atoms. The van der Waals surface area contributed by atoms with Crippen LogP contribution in [0.4, 0.5) is 11.4 Å². The van der Waals surface area contributed by atoms with Crippen molar-refractivity contribution in [1.82, 2.24) is 0 Å². The van der Waals surface area contributed by atoms with Gasteiger partial charge in [0.1, 0.15) is 5.82 Å². The molecule has 0 radical (unpaired) electrons. The van der Waals surface area contributed by atoms with Crippen molar-refractivity contribution >= 4 is 27.2 Å². The van der Waals surface area contributed by atoms with Crippen LogP contribution in [0.5, 0.6) is 0 Å². The molecule has 0 saturated carbocycles. The van der Waals surface area contributed by atoms with Crippen molar-refractivity contribution in [3.8, 4) is 6.07 Å². The van der Waals surface area contributed by atoms with E-state index in [4.69, 9.17) is 10.9 Å². The lowest BCUT2D eigenvalue weighted by atomic mass is 9.68. The number of nitrogens with two attached hydrogens (primary N) is 2. The van der Waals surface area contributed by atoms with Gasteiger partial charge in [-0.3, -0.25) is 19.8 Å². The number of hydrogen-bond donors (Lipinski definition) is 2. The maximum Gasteiger partial charge on any atom is 0.269 e. The molecule has 4 N–H and O–H groups in total. The Kier molecular flexibility index (Phi) is 5.75. The van der Waals surface area contributed by atoms with E-state index in [9.17, 15) is 28.6 Å². The number of rotatable bonds is 4. The lowest BCUT2D eigenvalue weighted by molar-refractivity contribution is -0.384. The summed E-state index contributed by atoms with van der Waals surface area (Å²) in [5.41, 5.74) is 8.17. The number of primary sulfonamides is 1. The molecule has 4 rings (SSSR count). The molecule has 2 aromatic carbocycles. The molecule has 2 aliphatic rings. The van der Waals surface area contributed by atoms with Gasteiger partial charge in [0.25, 0.3) is 5.69 Å². The van der Waals surface area contributed by atoms with Gasteiger partial charge in [-0.1, -0.05) is 26.0 Å². The molecular formula is C24H23N5O5S. The quantitative estimate of drug-likeness (QED) is 0.482. The zero-order chi connectivity index (χ0) is 25.7. The van der Waals surface area contributed by atoms with E-state index in [1.807, 2.05) is 13.8 Å². The number of carbonyl (C=O) groups excluding carboxylic acids is 1. The Morgan fingerprint density at radius 3 is 2.23 bits per heavy atom. The van der Waals surface area contributed by atoms with Gasteiger partial charge in [0, 0.05) is 35.5 Å². The molecule has 0 bridgehead atoms. The van der Waals surface area contributed by atoms with E-state index >= 15 is 0 Å². The van der Waals surface area contributed by atoms with Crippen molar-refractivity contribution in [2.24, 2.45) is 16.3 Å². The van der Waals surface area contributed by atoms with Crippen LogP contribution in [0.1, 0.15) is 38.2 Å². The number of ketones is 1. The topological polar surface area (TPSA) is 173 Å². The normalized spacial score (nSPS) is 19.9. The van der Waals surface area contributed by atoms with Crippen LogP contribution >= 0.6 is 0 Å². The predicted molar refractivity (Wildman–Crippen MR) is 128 cm³/mol. The van der Waals surface area contributed by atoms with Crippen LogP contribution in [0.2, 0.25) is 0 Å². The fraction of sp³-hybridized carbons (Fsp3) is 0.250. The molecule has 2 aromatic rings. The number of nitriles is 1. The minimum absolute atomic E-state index is 0.0840. The van der Waals surface area contributed by atoms with Crippen LogP contribution < -0.4 is 15.8 Å². The highest BCUT2D eigenvalue weighted by Gasteiger charge is 2.44. The van der Waals surface area contributed by atoms with Crippen LogP contribution in [0, 0.1) is 26.9 Å².